The first kappa shape index (κ1) is 8.81. The summed E-state index contributed by atoms with van der Waals surface area (Å²) >= 11 is 0. The first-order valence-electron chi connectivity index (χ1n) is 4.52. The second kappa shape index (κ2) is 3.18. The van der Waals surface area contributed by atoms with Crippen LogP contribution in [0.5, 0.6) is 0 Å². The predicted molar refractivity (Wildman–Crippen MR) is 57.8 cm³/mol. The van der Waals surface area contributed by atoms with E-state index >= 15 is 0 Å². The molecule has 3 nitrogen and oxygen atoms in total. The van der Waals surface area contributed by atoms with Gasteiger partial charge in [-0.15, -0.1) is 0 Å². The molecule has 72 valence electrons. The van der Waals surface area contributed by atoms with Crippen LogP contribution in [0, 0.1) is 6.92 Å². The third-order valence-electron chi connectivity index (χ3n) is 2.27. The molecule has 0 unspecified atom stereocenters. The average molecular weight is 187 g/mol. The van der Waals surface area contributed by atoms with Crippen LogP contribution in [0.3, 0.4) is 0 Å². The summed E-state index contributed by atoms with van der Waals surface area (Å²) in [5.41, 5.74) is 9.99. The van der Waals surface area contributed by atoms with Gasteiger partial charge in [-0.05, 0) is 30.2 Å². The Morgan fingerprint density at radius 3 is 2.71 bits per heavy atom. The predicted octanol–water partition coefficient (Wildman–Crippen LogP) is 1.98. The molecule has 0 aliphatic carbocycles. The fourth-order valence-electron chi connectivity index (χ4n) is 1.57. The van der Waals surface area contributed by atoms with Crippen molar-refractivity contribution in [1.82, 2.24) is 9.78 Å². The van der Waals surface area contributed by atoms with Crippen LogP contribution in [0.2, 0.25) is 0 Å². The molecule has 0 atom stereocenters. The topological polar surface area (TPSA) is 43.8 Å². The number of anilines is 1. The molecule has 2 rings (SSSR count). The minimum absolute atomic E-state index is 0.801. The van der Waals surface area contributed by atoms with Crippen molar-refractivity contribution in [2.45, 2.75) is 6.92 Å². The SMILES string of the molecule is Cc1cc(N)ccc1-c1cnn(C)c1. The van der Waals surface area contributed by atoms with Crippen LogP contribution >= 0.6 is 0 Å². The molecule has 0 aliphatic heterocycles. The summed E-state index contributed by atoms with van der Waals surface area (Å²) in [5.74, 6) is 0. The molecule has 0 amide bonds. The molecule has 0 aliphatic rings. The zero-order valence-corrected chi connectivity index (χ0v) is 8.36. The lowest BCUT2D eigenvalue weighted by Crippen LogP contribution is -1.88. The van der Waals surface area contributed by atoms with Crippen molar-refractivity contribution in [1.29, 1.82) is 0 Å². The fraction of sp³-hybridized carbons (Fsp3) is 0.182. The maximum Gasteiger partial charge on any atom is 0.0568 e. The van der Waals surface area contributed by atoms with Crippen molar-refractivity contribution in [2.24, 2.45) is 7.05 Å². The Morgan fingerprint density at radius 1 is 1.36 bits per heavy atom. The molecule has 1 heterocycles. The van der Waals surface area contributed by atoms with Crippen molar-refractivity contribution >= 4 is 5.69 Å². The zero-order valence-electron chi connectivity index (χ0n) is 8.36. The number of hydrogen-bond donors (Lipinski definition) is 1. The van der Waals surface area contributed by atoms with Gasteiger partial charge in [0.1, 0.15) is 0 Å². The van der Waals surface area contributed by atoms with Gasteiger partial charge in [0.25, 0.3) is 0 Å². The van der Waals surface area contributed by atoms with Gasteiger partial charge in [0, 0.05) is 24.5 Å². The number of rotatable bonds is 1. The van der Waals surface area contributed by atoms with Crippen LogP contribution in [0.15, 0.2) is 30.6 Å². The molecule has 0 fully saturated rings. The summed E-state index contributed by atoms with van der Waals surface area (Å²) in [5, 5.41) is 4.14. The van der Waals surface area contributed by atoms with Crippen LogP contribution in [0.25, 0.3) is 11.1 Å². The van der Waals surface area contributed by atoms with Crippen LogP contribution in [-0.2, 0) is 7.05 Å². The number of aryl methyl sites for hydroxylation is 2. The van der Waals surface area contributed by atoms with E-state index in [4.69, 9.17) is 5.73 Å². The molecule has 1 aromatic heterocycles. The lowest BCUT2D eigenvalue weighted by Gasteiger charge is -2.03. The highest BCUT2D eigenvalue weighted by atomic mass is 15.2. The van der Waals surface area contributed by atoms with Gasteiger partial charge in [-0.1, -0.05) is 6.07 Å². The smallest absolute Gasteiger partial charge is 0.0568 e. The second-order valence-corrected chi connectivity index (χ2v) is 3.48. The van der Waals surface area contributed by atoms with Crippen LogP contribution in [0.4, 0.5) is 5.69 Å². The van der Waals surface area contributed by atoms with Gasteiger partial charge in [-0.3, -0.25) is 4.68 Å². The van der Waals surface area contributed by atoms with E-state index in [-0.39, 0.29) is 0 Å². The quantitative estimate of drug-likeness (QED) is 0.694. The van der Waals surface area contributed by atoms with Crippen molar-refractivity contribution in [3.05, 3.63) is 36.2 Å². The number of nitrogen functional groups attached to an aromatic ring is 1. The monoisotopic (exact) mass is 187 g/mol. The molecule has 0 spiro atoms. The van der Waals surface area contributed by atoms with E-state index in [0.29, 0.717) is 0 Å². The Labute approximate surface area is 83.2 Å². The fourth-order valence-corrected chi connectivity index (χ4v) is 1.57. The lowest BCUT2D eigenvalue weighted by molar-refractivity contribution is 0.768. The lowest BCUT2D eigenvalue weighted by atomic mass is 10.0. The molecule has 14 heavy (non-hydrogen) atoms. The molecule has 2 aromatic rings. The van der Waals surface area contributed by atoms with Crippen LogP contribution in [0.1, 0.15) is 5.56 Å². The third kappa shape index (κ3) is 1.48. The standard InChI is InChI=1S/C11H13N3/c1-8-5-10(12)3-4-11(8)9-6-13-14(2)7-9/h3-7H,12H2,1-2H3. The van der Waals surface area contributed by atoms with Gasteiger partial charge >= 0.3 is 0 Å². The summed E-state index contributed by atoms with van der Waals surface area (Å²) in [6, 6.07) is 5.92. The molecule has 0 radical (unpaired) electrons. The van der Waals surface area contributed by atoms with Gasteiger partial charge in [-0.2, -0.15) is 5.10 Å². The minimum Gasteiger partial charge on any atom is -0.399 e. The molecule has 2 N–H and O–H groups in total. The summed E-state index contributed by atoms with van der Waals surface area (Å²) < 4.78 is 1.80. The van der Waals surface area contributed by atoms with E-state index in [1.54, 1.807) is 4.68 Å². The largest absolute Gasteiger partial charge is 0.399 e. The van der Waals surface area contributed by atoms with E-state index in [1.165, 1.54) is 11.1 Å². The first-order valence-corrected chi connectivity index (χ1v) is 4.52. The highest BCUT2D eigenvalue weighted by molar-refractivity contribution is 5.68. The Balaban J connectivity index is 2.52. The van der Waals surface area contributed by atoms with E-state index < -0.39 is 0 Å². The first-order chi connectivity index (χ1) is 6.66. The highest BCUT2D eigenvalue weighted by Crippen LogP contribution is 2.24. The summed E-state index contributed by atoms with van der Waals surface area (Å²) in [6.45, 7) is 2.05. The molecular formula is C11H13N3. The number of benzene rings is 1. The maximum absolute atomic E-state index is 5.69. The maximum atomic E-state index is 5.69. The van der Waals surface area contributed by atoms with Gasteiger partial charge in [0.2, 0.25) is 0 Å². The van der Waals surface area contributed by atoms with Gasteiger partial charge in [0.05, 0.1) is 6.20 Å². The van der Waals surface area contributed by atoms with Crippen molar-refractivity contribution in [3.63, 3.8) is 0 Å². The van der Waals surface area contributed by atoms with Crippen molar-refractivity contribution in [2.75, 3.05) is 5.73 Å². The van der Waals surface area contributed by atoms with Crippen LogP contribution < -0.4 is 5.73 Å². The highest BCUT2D eigenvalue weighted by Gasteiger charge is 2.03. The Bertz CT molecular complexity index is 457. The number of nitrogens with zero attached hydrogens (tertiary/aromatic N) is 2. The summed E-state index contributed by atoms with van der Waals surface area (Å²) in [7, 11) is 1.91. The van der Waals surface area contributed by atoms with Crippen LogP contribution in [-0.4, -0.2) is 9.78 Å². The number of nitrogens with two attached hydrogens (primary N) is 1. The van der Waals surface area contributed by atoms with Crippen molar-refractivity contribution < 1.29 is 0 Å². The van der Waals surface area contributed by atoms with Crippen molar-refractivity contribution in [3.8, 4) is 11.1 Å². The third-order valence-corrected chi connectivity index (χ3v) is 2.27. The Kier molecular flexibility index (Phi) is 2.00. The number of aromatic nitrogens is 2. The molecule has 0 bridgehead atoms. The number of hydrogen-bond acceptors (Lipinski definition) is 2. The summed E-state index contributed by atoms with van der Waals surface area (Å²) in [6.07, 6.45) is 3.86. The average Bonchev–Trinajstić information content (AvgIpc) is 2.51. The second-order valence-electron chi connectivity index (χ2n) is 3.48. The normalized spacial score (nSPS) is 10.4. The molecule has 0 saturated heterocycles. The van der Waals surface area contributed by atoms with E-state index in [0.717, 1.165) is 11.3 Å². The van der Waals surface area contributed by atoms with Gasteiger partial charge < -0.3 is 5.73 Å². The molecule has 0 saturated carbocycles. The molecular weight excluding hydrogens is 174 g/mol. The Morgan fingerprint density at radius 2 is 2.14 bits per heavy atom. The summed E-state index contributed by atoms with van der Waals surface area (Å²) in [4.78, 5) is 0. The van der Waals surface area contributed by atoms with E-state index in [9.17, 15) is 0 Å². The Hall–Kier alpha value is -1.77. The van der Waals surface area contributed by atoms with E-state index in [1.807, 2.05) is 37.6 Å². The minimum atomic E-state index is 0.801. The van der Waals surface area contributed by atoms with Gasteiger partial charge in [-0.25, -0.2) is 0 Å². The molecule has 1 aromatic carbocycles. The molecule has 3 heteroatoms. The zero-order chi connectivity index (χ0) is 10.1. The van der Waals surface area contributed by atoms with E-state index in [2.05, 4.69) is 12.0 Å². The van der Waals surface area contributed by atoms with Gasteiger partial charge in [0.15, 0.2) is 0 Å².